The van der Waals surface area contributed by atoms with E-state index in [0.717, 1.165) is 45.2 Å². The highest BCUT2D eigenvalue weighted by molar-refractivity contribution is 5.69. The van der Waals surface area contributed by atoms with Crippen LogP contribution in [0.25, 0.3) is 0 Å². The Labute approximate surface area is 187 Å². The number of hydrogen-bond acceptors (Lipinski definition) is 3. The SMILES string of the molecule is CCCCC/C=C/C/C=C\CCCCCCCCC(=O)OC(C)(C)C1CCNCC1. The third-order valence-corrected chi connectivity index (χ3v) is 6.28. The van der Waals surface area contributed by atoms with Gasteiger partial charge in [0.2, 0.25) is 0 Å². The van der Waals surface area contributed by atoms with Crippen LogP contribution < -0.4 is 5.32 Å². The number of piperidine rings is 1. The number of ether oxygens (including phenoxy) is 1. The van der Waals surface area contributed by atoms with Gasteiger partial charge in [-0.05, 0) is 78.3 Å². The maximum absolute atomic E-state index is 12.2. The van der Waals surface area contributed by atoms with E-state index in [4.69, 9.17) is 4.74 Å². The van der Waals surface area contributed by atoms with Crippen LogP contribution in [0.2, 0.25) is 0 Å². The third kappa shape index (κ3) is 14.0. The molecule has 3 nitrogen and oxygen atoms in total. The molecule has 1 fully saturated rings. The second kappa shape index (κ2) is 17.6. The van der Waals surface area contributed by atoms with Crippen LogP contribution in [0.3, 0.4) is 0 Å². The molecule has 1 saturated heterocycles. The lowest BCUT2D eigenvalue weighted by Gasteiger charge is -2.36. The smallest absolute Gasteiger partial charge is 0.306 e. The van der Waals surface area contributed by atoms with Gasteiger partial charge < -0.3 is 10.1 Å². The molecule has 0 unspecified atom stereocenters. The normalized spacial score (nSPS) is 16.0. The molecule has 0 atom stereocenters. The van der Waals surface area contributed by atoms with E-state index in [1.54, 1.807) is 0 Å². The van der Waals surface area contributed by atoms with Gasteiger partial charge in [-0.25, -0.2) is 0 Å². The van der Waals surface area contributed by atoms with Crippen molar-refractivity contribution in [2.24, 2.45) is 5.92 Å². The van der Waals surface area contributed by atoms with E-state index in [1.165, 1.54) is 57.8 Å². The first-order valence-corrected chi connectivity index (χ1v) is 12.8. The molecule has 0 amide bonds. The largest absolute Gasteiger partial charge is 0.459 e. The molecule has 0 spiro atoms. The van der Waals surface area contributed by atoms with E-state index >= 15 is 0 Å². The molecule has 1 rings (SSSR count). The summed E-state index contributed by atoms with van der Waals surface area (Å²) in [6.45, 7) is 8.49. The zero-order valence-corrected chi connectivity index (χ0v) is 20.2. The average Bonchev–Trinajstić information content (AvgIpc) is 2.73. The maximum atomic E-state index is 12.2. The van der Waals surface area contributed by atoms with E-state index in [2.05, 4.69) is 50.4 Å². The van der Waals surface area contributed by atoms with Crippen molar-refractivity contribution < 1.29 is 9.53 Å². The van der Waals surface area contributed by atoms with Crippen molar-refractivity contribution in [1.29, 1.82) is 0 Å². The summed E-state index contributed by atoms with van der Waals surface area (Å²) in [5.41, 5.74) is -0.322. The second-order valence-electron chi connectivity index (χ2n) is 9.44. The molecule has 0 aliphatic carbocycles. The van der Waals surface area contributed by atoms with Gasteiger partial charge in [0, 0.05) is 12.3 Å². The average molecular weight is 420 g/mol. The van der Waals surface area contributed by atoms with Crippen LogP contribution in [0.1, 0.15) is 117 Å². The van der Waals surface area contributed by atoms with Gasteiger partial charge in [-0.1, -0.05) is 69.8 Å². The van der Waals surface area contributed by atoms with E-state index in [1.807, 2.05) is 0 Å². The Morgan fingerprint density at radius 1 is 0.867 bits per heavy atom. The number of nitrogens with one attached hydrogen (secondary N) is 1. The lowest BCUT2D eigenvalue weighted by Crippen LogP contribution is -2.42. The van der Waals surface area contributed by atoms with Gasteiger partial charge >= 0.3 is 5.97 Å². The van der Waals surface area contributed by atoms with Gasteiger partial charge in [-0.2, -0.15) is 0 Å². The van der Waals surface area contributed by atoms with E-state index in [9.17, 15) is 4.79 Å². The number of hydrogen-bond donors (Lipinski definition) is 1. The summed E-state index contributed by atoms with van der Waals surface area (Å²) in [5.74, 6) is 0.474. The van der Waals surface area contributed by atoms with Gasteiger partial charge in [0.05, 0.1) is 0 Å². The molecule has 1 aliphatic heterocycles. The fraction of sp³-hybridized carbons (Fsp3) is 0.815. The van der Waals surface area contributed by atoms with Crippen LogP contribution >= 0.6 is 0 Å². The Hall–Kier alpha value is -1.09. The summed E-state index contributed by atoms with van der Waals surface area (Å²) in [6, 6.07) is 0. The van der Waals surface area contributed by atoms with Gasteiger partial charge in [-0.3, -0.25) is 4.79 Å². The summed E-state index contributed by atoms with van der Waals surface area (Å²) < 4.78 is 5.82. The molecule has 30 heavy (non-hydrogen) atoms. The van der Waals surface area contributed by atoms with Crippen LogP contribution in [-0.4, -0.2) is 24.7 Å². The molecule has 0 aromatic rings. The second-order valence-corrected chi connectivity index (χ2v) is 9.44. The molecule has 0 saturated carbocycles. The van der Waals surface area contributed by atoms with Crippen LogP contribution in [0.4, 0.5) is 0 Å². The highest BCUT2D eigenvalue weighted by atomic mass is 16.6. The Kier molecular flexibility index (Phi) is 15.8. The van der Waals surface area contributed by atoms with Crippen molar-refractivity contribution >= 4 is 5.97 Å². The molecule has 0 bridgehead atoms. The minimum atomic E-state index is -0.322. The van der Waals surface area contributed by atoms with Crippen LogP contribution in [0.15, 0.2) is 24.3 Å². The summed E-state index contributed by atoms with van der Waals surface area (Å²) in [4.78, 5) is 12.2. The number of allylic oxidation sites excluding steroid dienone is 4. The van der Waals surface area contributed by atoms with Crippen molar-refractivity contribution in [2.45, 2.75) is 123 Å². The molecule has 1 heterocycles. The summed E-state index contributed by atoms with van der Waals surface area (Å²) >= 11 is 0. The molecular weight excluding hydrogens is 370 g/mol. The van der Waals surface area contributed by atoms with Gasteiger partial charge in [0.1, 0.15) is 5.60 Å². The Morgan fingerprint density at radius 2 is 1.43 bits per heavy atom. The Bertz CT molecular complexity index is 475. The highest BCUT2D eigenvalue weighted by Gasteiger charge is 2.33. The van der Waals surface area contributed by atoms with Crippen molar-refractivity contribution in [1.82, 2.24) is 5.32 Å². The first kappa shape index (κ1) is 26.9. The van der Waals surface area contributed by atoms with Gasteiger partial charge in [-0.15, -0.1) is 0 Å². The monoisotopic (exact) mass is 419 g/mol. The van der Waals surface area contributed by atoms with Crippen molar-refractivity contribution in [3.63, 3.8) is 0 Å². The molecule has 0 aromatic carbocycles. The van der Waals surface area contributed by atoms with Gasteiger partial charge in [0.25, 0.3) is 0 Å². The molecule has 3 heteroatoms. The number of rotatable bonds is 17. The van der Waals surface area contributed by atoms with E-state index in [-0.39, 0.29) is 11.6 Å². The molecular formula is C27H49NO2. The molecule has 1 N–H and O–H groups in total. The molecule has 1 aliphatic rings. The van der Waals surface area contributed by atoms with E-state index < -0.39 is 0 Å². The van der Waals surface area contributed by atoms with Crippen LogP contribution in [0.5, 0.6) is 0 Å². The summed E-state index contributed by atoms with van der Waals surface area (Å²) in [5, 5.41) is 3.38. The van der Waals surface area contributed by atoms with E-state index in [0.29, 0.717) is 12.3 Å². The van der Waals surface area contributed by atoms with Crippen molar-refractivity contribution in [2.75, 3.05) is 13.1 Å². The maximum Gasteiger partial charge on any atom is 0.306 e. The van der Waals surface area contributed by atoms with Crippen LogP contribution in [-0.2, 0) is 9.53 Å². The van der Waals surface area contributed by atoms with Crippen molar-refractivity contribution in [3.05, 3.63) is 24.3 Å². The Balaban J connectivity index is 1.92. The third-order valence-electron chi connectivity index (χ3n) is 6.28. The number of carbonyl (C=O) groups excluding carboxylic acids is 1. The predicted octanol–water partition coefficient (Wildman–Crippen LogP) is 7.51. The quantitative estimate of drug-likeness (QED) is 0.151. The lowest BCUT2D eigenvalue weighted by atomic mass is 9.83. The standard InChI is InChI=1S/C27H49NO2/c1-4-5-6-7-8-9-10-11-12-13-14-15-16-17-18-19-20-26(29)30-27(2,3)25-21-23-28-24-22-25/h8-9,11-12,25,28H,4-7,10,13-24H2,1-3H3/b9-8+,12-11-. The predicted molar refractivity (Wildman–Crippen MR) is 130 cm³/mol. The minimum Gasteiger partial charge on any atom is -0.459 e. The summed E-state index contributed by atoms with van der Waals surface area (Å²) in [6.07, 6.45) is 26.7. The topological polar surface area (TPSA) is 38.3 Å². The molecule has 174 valence electrons. The number of carbonyl (C=O) groups is 1. The minimum absolute atomic E-state index is 0.0110. The fourth-order valence-electron chi connectivity index (χ4n) is 4.20. The highest BCUT2D eigenvalue weighted by Crippen LogP contribution is 2.29. The number of esters is 1. The summed E-state index contributed by atoms with van der Waals surface area (Å²) in [7, 11) is 0. The lowest BCUT2D eigenvalue weighted by molar-refractivity contribution is -0.162. The molecule has 0 aromatic heterocycles. The van der Waals surface area contributed by atoms with Crippen molar-refractivity contribution in [3.8, 4) is 0 Å². The first-order valence-electron chi connectivity index (χ1n) is 12.8. The number of unbranched alkanes of at least 4 members (excludes halogenated alkanes) is 9. The van der Waals surface area contributed by atoms with Gasteiger partial charge in [0.15, 0.2) is 0 Å². The Morgan fingerprint density at radius 3 is 2.07 bits per heavy atom. The zero-order valence-electron chi connectivity index (χ0n) is 20.2. The first-order chi connectivity index (χ1) is 14.6. The fourth-order valence-corrected chi connectivity index (χ4v) is 4.20. The zero-order chi connectivity index (χ0) is 21.9. The van der Waals surface area contributed by atoms with Crippen LogP contribution in [0, 0.1) is 5.92 Å². The molecule has 0 radical (unpaired) electrons.